The summed E-state index contributed by atoms with van der Waals surface area (Å²) in [5, 5.41) is 2.38. The van der Waals surface area contributed by atoms with Gasteiger partial charge in [-0.2, -0.15) is 4.57 Å². The van der Waals surface area contributed by atoms with Crippen molar-refractivity contribution in [1.29, 1.82) is 0 Å². The molecular formula is C32H44ClNO4. The van der Waals surface area contributed by atoms with Crippen molar-refractivity contribution >= 4 is 10.8 Å². The third kappa shape index (κ3) is 6.31. The Bertz CT molecular complexity index is 1210. The molecule has 0 saturated heterocycles. The van der Waals surface area contributed by atoms with Crippen LogP contribution >= 0.6 is 0 Å². The number of fused-ring (bicyclic) bond motifs is 4. The summed E-state index contributed by atoms with van der Waals surface area (Å²) < 4.78 is 26.3. The van der Waals surface area contributed by atoms with E-state index < -0.39 is 0 Å². The topological polar surface area (TPSA) is 40.8 Å². The molecule has 3 aromatic rings. The number of nitrogens with zero attached hydrogens (tertiary/aromatic N) is 1. The smallest absolute Gasteiger partial charge is 0.216 e. The Morgan fingerprint density at radius 1 is 0.763 bits per heavy atom. The van der Waals surface area contributed by atoms with Crippen LogP contribution in [0.3, 0.4) is 0 Å². The summed E-state index contributed by atoms with van der Waals surface area (Å²) in [5.41, 5.74) is 5.28. The van der Waals surface area contributed by atoms with Crippen LogP contribution in [0, 0.1) is 0 Å². The van der Waals surface area contributed by atoms with Gasteiger partial charge in [-0.15, -0.1) is 0 Å². The van der Waals surface area contributed by atoms with Gasteiger partial charge in [0.25, 0.3) is 0 Å². The zero-order valence-corrected chi connectivity index (χ0v) is 24.6. The lowest BCUT2D eigenvalue weighted by Gasteiger charge is -2.22. The first-order chi connectivity index (χ1) is 18.2. The Morgan fingerprint density at radius 2 is 1.45 bits per heavy atom. The lowest BCUT2D eigenvalue weighted by atomic mass is 9.89. The lowest BCUT2D eigenvalue weighted by molar-refractivity contribution is -0.686. The molecule has 208 valence electrons. The SMILES string of the molecule is CCCCCCCCc1c2[n+](cc3c(OCC)c(OC)ccc13)CCc1cc(OCC)c(OCC)cc1-2.[Cl-]. The van der Waals surface area contributed by atoms with Gasteiger partial charge in [-0.25, -0.2) is 0 Å². The molecule has 6 heteroatoms. The van der Waals surface area contributed by atoms with Crippen molar-refractivity contribution in [3.63, 3.8) is 0 Å². The molecule has 1 aromatic heterocycles. The zero-order chi connectivity index (χ0) is 26.2. The number of aromatic nitrogens is 1. The summed E-state index contributed by atoms with van der Waals surface area (Å²) in [5.74, 6) is 3.30. The number of methoxy groups -OCH3 is 1. The lowest BCUT2D eigenvalue weighted by Crippen LogP contribution is -3.00. The summed E-state index contributed by atoms with van der Waals surface area (Å²) in [6.07, 6.45) is 11.9. The average Bonchev–Trinajstić information content (AvgIpc) is 2.91. The number of benzene rings is 2. The maximum Gasteiger partial charge on any atom is 0.216 e. The highest BCUT2D eigenvalue weighted by molar-refractivity contribution is 5.95. The average molecular weight is 542 g/mol. The largest absolute Gasteiger partial charge is 1.00 e. The molecule has 0 spiro atoms. The van der Waals surface area contributed by atoms with Crippen LogP contribution in [0.15, 0.2) is 30.5 Å². The van der Waals surface area contributed by atoms with Gasteiger partial charge >= 0.3 is 0 Å². The summed E-state index contributed by atoms with van der Waals surface area (Å²) >= 11 is 0. The van der Waals surface area contributed by atoms with Gasteiger partial charge in [-0.3, -0.25) is 0 Å². The molecule has 0 fully saturated rings. The molecule has 0 unspecified atom stereocenters. The van der Waals surface area contributed by atoms with Gasteiger partial charge in [0.2, 0.25) is 5.69 Å². The molecule has 0 radical (unpaired) electrons. The van der Waals surface area contributed by atoms with Gasteiger partial charge in [0.1, 0.15) is 0 Å². The van der Waals surface area contributed by atoms with Crippen molar-refractivity contribution in [3.05, 3.63) is 41.6 Å². The van der Waals surface area contributed by atoms with Crippen LogP contribution in [0.25, 0.3) is 22.0 Å². The van der Waals surface area contributed by atoms with Gasteiger partial charge in [0, 0.05) is 17.4 Å². The minimum atomic E-state index is 0. The van der Waals surface area contributed by atoms with Crippen molar-refractivity contribution in [2.45, 2.75) is 85.6 Å². The van der Waals surface area contributed by atoms with Crippen LogP contribution in [0.2, 0.25) is 0 Å². The van der Waals surface area contributed by atoms with Crippen molar-refractivity contribution in [3.8, 4) is 34.3 Å². The second-order valence-electron chi connectivity index (χ2n) is 9.73. The second kappa shape index (κ2) is 14.5. The first kappa shape index (κ1) is 29.9. The monoisotopic (exact) mass is 541 g/mol. The molecule has 5 nitrogen and oxygen atoms in total. The van der Waals surface area contributed by atoms with E-state index in [1.165, 1.54) is 66.3 Å². The predicted molar refractivity (Wildman–Crippen MR) is 150 cm³/mol. The Labute approximate surface area is 234 Å². The molecule has 0 atom stereocenters. The van der Waals surface area contributed by atoms with E-state index in [0.29, 0.717) is 19.8 Å². The highest BCUT2D eigenvalue weighted by atomic mass is 35.5. The Hall–Kier alpha value is -2.66. The van der Waals surface area contributed by atoms with Gasteiger partial charge in [0.05, 0.1) is 37.9 Å². The van der Waals surface area contributed by atoms with Crippen LogP contribution < -0.4 is 35.9 Å². The van der Waals surface area contributed by atoms with Crippen molar-refractivity contribution in [1.82, 2.24) is 0 Å². The second-order valence-corrected chi connectivity index (χ2v) is 9.73. The zero-order valence-electron chi connectivity index (χ0n) is 23.8. The molecule has 1 aliphatic heterocycles. The molecule has 2 aromatic carbocycles. The highest BCUT2D eigenvalue weighted by Crippen LogP contribution is 2.43. The first-order valence-corrected chi connectivity index (χ1v) is 14.3. The van der Waals surface area contributed by atoms with Gasteiger partial charge in [-0.05, 0) is 63.4 Å². The summed E-state index contributed by atoms with van der Waals surface area (Å²) in [6, 6.07) is 8.68. The molecule has 4 rings (SSSR count). The van der Waals surface area contributed by atoms with Gasteiger partial charge in [0.15, 0.2) is 35.7 Å². The maximum absolute atomic E-state index is 6.15. The molecule has 0 saturated carbocycles. The minimum absolute atomic E-state index is 0. The number of aryl methyl sites for hydroxylation is 3. The summed E-state index contributed by atoms with van der Waals surface area (Å²) in [4.78, 5) is 0. The first-order valence-electron chi connectivity index (χ1n) is 14.3. The van der Waals surface area contributed by atoms with E-state index in [2.05, 4.69) is 42.0 Å². The fourth-order valence-electron chi connectivity index (χ4n) is 5.58. The van der Waals surface area contributed by atoms with E-state index >= 15 is 0 Å². The molecule has 1 aliphatic rings. The summed E-state index contributed by atoms with van der Waals surface area (Å²) in [7, 11) is 1.72. The van der Waals surface area contributed by atoms with E-state index in [9.17, 15) is 0 Å². The molecule has 0 N–H and O–H groups in total. The fourth-order valence-corrected chi connectivity index (χ4v) is 5.58. The van der Waals surface area contributed by atoms with E-state index in [-0.39, 0.29) is 12.4 Å². The summed E-state index contributed by atoms with van der Waals surface area (Å²) in [6.45, 7) is 11.1. The van der Waals surface area contributed by atoms with E-state index in [4.69, 9.17) is 18.9 Å². The van der Waals surface area contributed by atoms with E-state index in [1.54, 1.807) is 7.11 Å². The number of hydrogen-bond acceptors (Lipinski definition) is 4. The Morgan fingerprint density at radius 3 is 2.13 bits per heavy atom. The fraction of sp³-hybridized carbons (Fsp3) is 0.531. The molecule has 0 aliphatic carbocycles. The third-order valence-electron chi connectivity index (χ3n) is 7.28. The number of unbranched alkanes of at least 4 members (excludes halogenated alkanes) is 5. The van der Waals surface area contributed by atoms with Crippen LogP contribution in [0.4, 0.5) is 0 Å². The Kier molecular flexibility index (Phi) is 11.4. The third-order valence-corrected chi connectivity index (χ3v) is 7.28. The van der Waals surface area contributed by atoms with Crippen LogP contribution in [-0.4, -0.2) is 26.9 Å². The minimum Gasteiger partial charge on any atom is -1.00 e. The van der Waals surface area contributed by atoms with Crippen molar-refractivity contribution in [2.24, 2.45) is 0 Å². The van der Waals surface area contributed by atoms with Crippen molar-refractivity contribution in [2.75, 3.05) is 26.9 Å². The molecule has 0 bridgehead atoms. The number of ether oxygens (including phenoxy) is 4. The molecule has 0 amide bonds. The van der Waals surface area contributed by atoms with Crippen LogP contribution in [-0.2, 0) is 19.4 Å². The number of rotatable bonds is 14. The molecule has 2 heterocycles. The van der Waals surface area contributed by atoms with E-state index in [1.807, 2.05) is 20.8 Å². The van der Waals surface area contributed by atoms with Gasteiger partial charge in [-0.1, -0.05) is 39.0 Å². The highest BCUT2D eigenvalue weighted by Gasteiger charge is 2.31. The molecular weight excluding hydrogens is 498 g/mol. The number of pyridine rings is 1. The predicted octanol–water partition coefficient (Wildman–Crippen LogP) is 4.46. The van der Waals surface area contributed by atoms with Crippen LogP contribution in [0.5, 0.6) is 23.0 Å². The normalized spacial score (nSPS) is 11.9. The van der Waals surface area contributed by atoms with Crippen LogP contribution in [0.1, 0.15) is 77.3 Å². The number of hydrogen-bond donors (Lipinski definition) is 0. The standard InChI is InChI=1S/C32H44NO4.ClH/c1-6-10-11-12-13-14-15-25-24-16-17-28(34-5)32(37-9-4)27(24)22-33-19-18-23-20-29(35-7-2)30(36-8-3)21-26(23)31(25)33;/h16-17,20-22H,6-15,18-19H2,1-5H3;1H/q+1;/p-1. The van der Waals surface area contributed by atoms with Gasteiger partial charge < -0.3 is 31.4 Å². The van der Waals surface area contributed by atoms with Crippen molar-refractivity contribution < 1.29 is 35.9 Å². The van der Waals surface area contributed by atoms with E-state index in [0.717, 1.165) is 47.8 Å². The maximum atomic E-state index is 6.15. The Balaban J connectivity index is 0.00000400. The molecule has 38 heavy (non-hydrogen) atoms. The number of halogens is 1. The quantitative estimate of drug-likeness (QED) is 0.223.